The first kappa shape index (κ1) is 13.3. The molecule has 0 spiro atoms. The van der Waals surface area contributed by atoms with Crippen LogP contribution in [0.25, 0.3) is 0 Å². The minimum absolute atomic E-state index is 0.290. The number of rotatable bonds is 3. The third kappa shape index (κ3) is 2.83. The monoisotopic (exact) mass is 264 g/mol. The average molecular weight is 264 g/mol. The van der Waals surface area contributed by atoms with Gasteiger partial charge in [-0.1, -0.05) is 0 Å². The number of aromatic nitrogens is 1. The number of ether oxygens (including phenoxy) is 1. The minimum Gasteiger partial charge on any atom is -0.481 e. The summed E-state index contributed by atoms with van der Waals surface area (Å²) in [6.07, 6.45) is 3.58. The smallest absolute Gasteiger partial charge is 0.326 e. The second kappa shape index (κ2) is 5.69. The van der Waals surface area contributed by atoms with Gasteiger partial charge in [-0.25, -0.2) is 9.78 Å². The van der Waals surface area contributed by atoms with Gasteiger partial charge < -0.3 is 14.7 Å². The summed E-state index contributed by atoms with van der Waals surface area (Å²) >= 11 is 0. The summed E-state index contributed by atoms with van der Waals surface area (Å²) in [7, 11) is 1.49. The van der Waals surface area contributed by atoms with Crippen LogP contribution in [0.4, 0.5) is 0 Å². The zero-order chi connectivity index (χ0) is 13.8. The number of hydrogen-bond acceptors (Lipinski definition) is 4. The molecule has 2 rings (SSSR count). The molecule has 0 saturated carbocycles. The Kier molecular flexibility index (Phi) is 3.99. The summed E-state index contributed by atoms with van der Waals surface area (Å²) in [5, 5.41) is 9.16. The number of methoxy groups -OCH3 is 1. The van der Waals surface area contributed by atoms with Crippen molar-refractivity contribution in [3.05, 3.63) is 23.9 Å². The van der Waals surface area contributed by atoms with Gasteiger partial charge in [0.1, 0.15) is 6.04 Å². The molecule has 102 valence electrons. The normalized spacial score (nSPS) is 19.0. The Balaban J connectivity index is 2.18. The van der Waals surface area contributed by atoms with E-state index in [0.717, 1.165) is 12.8 Å². The fourth-order valence-corrected chi connectivity index (χ4v) is 2.22. The van der Waals surface area contributed by atoms with Crippen molar-refractivity contribution in [2.24, 2.45) is 0 Å². The lowest BCUT2D eigenvalue weighted by molar-refractivity contribution is -0.143. The number of carbonyl (C=O) groups excluding carboxylic acids is 1. The van der Waals surface area contributed by atoms with Crippen molar-refractivity contribution in [1.82, 2.24) is 9.88 Å². The van der Waals surface area contributed by atoms with Crippen LogP contribution in [0.1, 0.15) is 29.6 Å². The zero-order valence-corrected chi connectivity index (χ0v) is 10.7. The van der Waals surface area contributed by atoms with Gasteiger partial charge in [-0.3, -0.25) is 4.79 Å². The van der Waals surface area contributed by atoms with Crippen molar-refractivity contribution < 1.29 is 19.4 Å². The minimum atomic E-state index is -0.950. The first-order chi connectivity index (χ1) is 9.13. The predicted molar refractivity (Wildman–Crippen MR) is 67.1 cm³/mol. The number of likely N-dealkylation sites (tertiary alicyclic amines) is 1. The maximum absolute atomic E-state index is 12.3. The molecule has 0 aromatic carbocycles. The first-order valence-electron chi connectivity index (χ1n) is 6.17. The van der Waals surface area contributed by atoms with Crippen LogP contribution in [0.5, 0.6) is 5.88 Å². The molecule has 1 saturated heterocycles. The van der Waals surface area contributed by atoms with Crippen molar-refractivity contribution in [3.63, 3.8) is 0 Å². The SMILES string of the molecule is COc1ccc(C(=O)N2CCCCC2C(=O)O)cn1. The van der Waals surface area contributed by atoms with Gasteiger partial charge in [-0.05, 0) is 25.3 Å². The van der Waals surface area contributed by atoms with Gasteiger partial charge in [-0.15, -0.1) is 0 Å². The molecule has 1 amide bonds. The number of hydrogen-bond donors (Lipinski definition) is 1. The molecule has 1 unspecified atom stereocenters. The van der Waals surface area contributed by atoms with E-state index < -0.39 is 12.0 Å². The van der Waals surface area contributed by atoms with Crippen molar-refractivity contribution in [2.75, 3.05) is 13.7 Å². The van der Waals surface area contributed by atoms with E-state index in [4.69, 9.17) is 9.84 Å². The molecular weight excluding hydrogens is 248 g/mol. The maximum Gasteiger partial charge on any atom is 0.326 e. The standard InChI is InChI=1S/C13H16N2O4/c1-19-11-6-5-9(8-14-11)12(16)15-7-3-2-4-10(15)13(17)18/h5-6,8,10H,2-4,7H2,1H3,(H,17,18). The van der Waals surface area contributed by atoms with Crippen LogP contribution in [0.15, 0.2) is 18.3 Å². The lowest BCUT2D eigenvalue weighted by Gasteiger charge is -2.32. The van der Waals surface area contributed by atoms with E-state index >= 15 is 0 Å². The highest BCUT2D eigenvalue weighted by atomic mass is 16.5. The van der Waals surface area contributed by atoms with Crippen LogP contribution >= 0.6 is 0 Å². The number of carboxylic acid groups (broad SMARTS) is 1. The van der Waals surface area contributed by atoms with Gasteiger partial charge >= 0.3 is 5.97 Å². The Morgan fingerprint density at radius 2 is 2.21 bits per heavy atom. The molecule has 1 aliphatic rings. The van der Waals surface area contributed by atoms with Crippen molar-refractivity contribution in [2.45, 2.75) is 25.3 Å². The van der Waals surface area contributed by atoms with Crippen molar-refractivity contribution in [1.29, 1.82) is 0 Å². The van der Waals surface area contributed by atoms with Crippen LogP contribution < -0.4 is 4.74 Å². The number of carbonyl (C=O) groups is 2. The average Bonchev–Trinajstić information content (AvgIpc) is 2.46. The molecule has 2 heterocycles. The lowest BCUT2D eigenvalue weighted by Crippen LogP contribution is -2.48. The van der Waals surface area contributed by atoms with Gasteiger partial charge in [0.2, 0.25) is 5.88 Å². The molecule has 1 atom stereocenters. The summed E-state index contributed by atoms with van der Waals surface area (Å²) in [5.41, 5.74) is 0.383. The quantitative estimate of drug-likeness (QED) is 0.886. The van der Waals surface area contributed by atoms with E-state index in [-0.39, 0.29) is 5.91 Å². The fraction of sp³-hybridized carbons (Fsp3) is 0.462. The highest BCUT2D eigenvalue weighted by molar-refractivity contribution is 5.96. The van der Waals surface area contributed by atoms with Gasteiger partial charge in [-0.2, -0.15) is 0 Å². The Morgan fingerprint density at radius 3 is 2.79 bits per heavy atom. The summed E-state index contributed by atoms with van der Waals surface area (Å²) in [6, 6.07) is 2.46. The van der Waals surface area contributed by atoms with Gasteiger partial charge in [0.15, 0.2) is 0 Å². The molecule has 0 radical (unpaired) electrons. The Morgan fingerprint density at radius 1 is 1.42 bits per heavy atom. The Hall–Kier alpha value is -2.11. The van der Waals surface area contributed by atoms with Gasteiger partial charge in [0.25, 0.3) is 5.91 Å². The summed E-state index contributed by atoms with van der Waals surface area (Å²) in [4.78, 5) is 28.8. The molecule has 1 aromatic heterocycles. The third-order valence-corrected chi connectivity index (χ3v) is 3.24. The number of piperidine rings is 1. The number of aliphatic carboxylic acids is 1. The summed E-state index contributed by atoms with van der Waals surface area (Å²) in [5.74, 6) is -0.818. The number of pyridine rings is 1. The molecule has 6 nitrogen and oxygen atoms in total. The second-order valence-electron chi connectivity index (χ2n) is 4.44. The first-order valence-corrected chi connectivity index (χ1v) is 6.17. The molecule has 1 fully saturated rings. The van der Waals surface area contributed by atoms with Crippen molar-refractivity contribution >= 4 is 11.9 Å². The molecule has 1 aromatic rings. The second-order valence-corrected chi connectivity index (χ2v) is 4.44. The highest BCUT2D eigenvalue weighted by Gasteiger charge is 2.32. The van der Waals surface area contributed by atoms with E-state index in [9.17, 15) is 9.59 Å². The molecule has 0 aliphatic carbocycles. The van der Waals surface area contributed by atoms with E-state index in [2.05, 4.69) is 4.98 Å². The molecule has 0 bridgehead atoms. The molecule has 19 heavy (non-hydrogen) atoms. The Labute approximate surface area is 111 Å². The van der Waals surface area contributed by atoms with Crippen LogP contribution in [-0.4, -0.2) is 46.6 Å². The summed E-state index contributed by atoms with van der Waals surface area (Å²) < 4.78 is 4.92. The van der Waals surface area contributed by atoms with Crippen molar-refractivity contribution in [3.8, 4) is 5.88 Å². The van der Waals surface area contributed by atoms with E-state index in [1.165, 1.54) is 18.2 Å². The molecule has 6 heteroatoms. The topological polar surface area (TPSA) is 79.7 Å². The maximum atomic E-state index is 12.3. The van der Waals surface area contributed by atoms with Crippen LogP contribution in [0.2, 0.25) is 0 Å². The lowest BCUT2D eigenvalue weighted by atomic mass is 10.0. The highest BCUT2D eigenvalue weighted by Crippen LogP contribution is 2.20. The zero-order valence-electron chi connectivity index (χ0n) is 10.7. The van der Waals surface area contributed by atoms with Gasteiger partial charge in [0, 0.05) is 18.8 Å². The number of nitrogens with zero attached hydrogens (tertiary/aromatic N) is 2. The fourth-order valence-electron chi connectivity index (χ4n) is 2.22. The molecular formula is C13H16N2O4. The van der Waals surface area contributed by atoms with E-state index in [0.29, 0.717) is 24.4 Å². The number of amides is 1. The van der Waals surface area contributed by atoms with E-state index in [1.54, 1.807) is 12.1 Å². The Bertz CT molecular complexity index is 472. The van der Waals surface area contributed by atoms with Gasteiger partial charge in [0.05, 0.1) is 12.7 Å². The van der Waals surface area contributed by atoms with Crippen LogP contribution in [-0.2, 0) is 4.79 Å². The molecule has 1 N–H and O–H groups in total. The number of carboxylic acids is 1. The van der Waals surface area contributed by atoms with Crippen LogP contribution in [0, 0.1) is 0 Å². The largest absolute Gasteiger partial charge is 0.481 e. The predicted octanol–water partition coefficient (Wildman–Crippen LogP) is 1.17. The summed E-state index contributed by atoms with van der Waals surface area (Å²) in [6.45, 7) is 0.474. The third-order valence-electron chi connectivity index (χ3n) is 3.24. The molecule has 1 aliphatic heterocycles. The van der Waals surface area contributed by atoms with Crippen LogP contribution in [0.3, 0.4) is 0 Å². The van der Waals surface area contributed by atoms with E-state index in [1.807, 2.05) is 0 Å².